The van der Waals surface area contributed by atoms with Gasteiger partial charge in [-0.05, 0) is 88.0 Å². The zero-order valence-electron chi connectivity index (χ0n) is 35.1. The Morgan fingerprint density at radius 3 is 1.44 bits per heavy atom. The molecule has 1 N–H and O–H groups in total. The van der Waals surface area contributed by atoms with Gasteiger partial charge in [-0.2, -0.15) is 0 Å². The number of carbonyl (C=O) groups is 5. The third kappa shape index (κ3) is 61.3. The summed E-state index contributed by atoms with van der Waals surface area (Å²) in [4.78, 5) is 71.1. The van der Waals surface area contributed by atoms with Crippen LogP contribution in [0.15, 0.2) is 33.3 Å². The smallest absolute Gasteiger partial charge is 0.349 e. The molecule has 0 aliphatic heterocycles. The summed E-state index contributed by atoms with van der Waals surface area (Å²) in [6, 6.07) is 0. The van der Waals surface area contributed by atoms with Crippen LogP contribution in [-0.2, 0) is 67.0 Å². The SMILES string of the molecule is C=CC.CC.CC(C)=NOCC(=O)O.CC(C)OCOC(=O)CON=C1CCCCC1.COC(=O)COC(=O)CON=C(C)C.COC(=O)CON=C(C)C. The molecule has 0 atom stereocenters. The third-order valence-corrected chi connectivity index (χ3v) is 4.53. The predicted molar refractivity (Wildman–Crippen MR) is 208 cm³/mol. The van der Waals surface area contributed by atoms with Crippen molar-refractivity contribution in [1.82, 2.24) is 0 Å². The fraction of sp³-hybridized carbons (Fsp3) is 0.694. The van der Waals surface area contributed by atoms with Gasteiger partial charge >= 0.3 is 29.8 Å². The van der Waals surface area contributed by atoms with E-state index < -0.39 is 36.5 Å². The van der Waals surface area contributed by atoms with E-state index in [-0.39, 0.29) is 39.3 Å². The van der Waals surface area contributed by atoms with Crippen LogP contribution in [-0.4, -0.2) is 118 Å². The Kier molecular flexibility index (Phi) is 48.5. The summed E-state index contributed by atoms with van der Waals surface area (Å²) >= 11 is 0. The Labute approximate surface area is 326 Å². The highest BCUT2D eigenvalue weighted by Crippen LogP contribution is 2.14. The van der Waals surface area contributed by atoms with Crippen LogP contribution in [0.25, 0.3) is 0 Å². The first-order valence-corrected chi connectivity index (χ1v) is 17.4. The van der Waals surface area contributed by atoms with E-state index in [2.05, 4.69) is 55.9 Å². The van der Waals surface area contributed by atoms with E-state index in [9.17, 15) is 24.0 Å². The molecule has 1 aliphatic rings. The average Bonchev–Trinajstić information content (AvgIpc) is 3.12. The molecule has 320 valence electrons. The molecule has 0 radical (unpaired) electrons. The summed E-state index contributed by atoms with van der Waals surface area (Å²) in [7, 11) is 2.51. The minimum atomic E-state index is -1.01. The third-order valence-electron chi connectivity index (χ3n) is 4.53. The van der Waals surface area contributed by atoms with Crippen molar-refractivity contribution in [2.45, 2.75) is 114 Å². The number of hydrogen-bond donors (Lipinski definition) is 1. The Bertz CT molecular complexity index is 1130. The lowest BCUT2D eigenvalue weighted by atomic mass is 9.99. The molecule has 0 unspecified atom stereocenters. The molecule has 0 saturated heterocycles. The molecule has 0 bridgehead atoms. The Morgan fingerprint density at radius 2 is 1.04 bits per heavy atom. The summed E-state index contributed by atoms with van der Waals surface area (Å²) in [6.45, 7) is 22.0. The molecule has 0 aromatic heterocycles. The summed E-state index contributed by atoms with van der Waals surface area (Å²) in [6.07, 6.45) is 7.33. The van der Waals surface area contributed by atoms with Crippen LogP contribution in [0.5, 0.6) is 0 Å². The van der Waals surface area contributed by atoms with Gasteiger partial charge in [0.2, 0.25) is 26.4 Å². The first-order chi connectivity index (χ1) is 25.9. The minimum absolute atomic E-state index is 0.0313. The molecule has 1 rings (SSSR count). The van der Waals surface area contributed by atoms with Crippen LogP contribution in [0.2, 0.25) is 0 Å². The van der Waals surface area contributed by atoms with Gasteiger partial charge in [0.1, 0.15) is 0 Å². The number of oxime groups is 4. The molecule has 19 heteroatoms. The van der Waals surface area contributed by atoms with Crippen molar-refractivity contribution < 1.29 is 72.1 Å². The van der Waals surface area contributed by atoms with Crippen molar-refractivity contribution in [2.75, 3.05) is 54.0 Å². The van der Waals surface area contributed by atoms with Gasteiger partial charge in [0, 0.05) is 0 Å². The second-order valence-electron chi connectivity index (χ2n) is 10.9. The maximum Gasteiger partial charge on any atom is 0.349 e. The largest absolute Gasteiger partial charge is 0.479 e. The number of carbonyl (C=O) groups excluding carboxylic acids is 4. The molecular weight excluding hydrogens is 728 g/mol. The highest BCUT2D eigenvalue weighted by atomic mass is 16.7. The number of rotatable bonds is 17. The number of allylic oxidation sites excluding steroid dienone is 1. The van der Waals surface area contributed by atoms with Crippen molar-refractivity contribution in [1.29, 1.82) is 0 Å². The minimum Gasteiger partial charge on any atom is -0.479 e. The van der Waals surface area contributed by atoms with Crippen LogP contribution in [0.3, 0.4) is 0 Å². The van der Waals surface area contributed by atoms with Crippen LogP contribution in [0, 0.1) is 0 Å². The van der Waals surface area contributed by atoms with Gasteiger partial charge < -0.3 is 48.1 Å². The van der Waals surface area contributed by atoms with Crippen LogP contribution >= 0.6 is 0 Å². The number of carboxylic acid groups (broad SMARTS) is 1. The second kappa shape index (κ2) is 45.1. The molecule has 1 aliphatic carbocycles. The van der Waals surface area contributed by atoms with Crippen molar-refractivity contribution in [3.05, 3.63) is 12.7 Å². The van der Waals surface area contributed by atoms with E-state index in [1.54, 1.807) is 47.6 Å². The number of esters is 4. The van der Waals surface area contributed by atoms with Crippen molar-refractivity contribution >= 4 is 52.7 Å². The summed E-state index contributed by atoms with van der Waals surface area (Å²) in [5.74, 6) is -3.18. The first-order valence-electron chi connectivity index (χ1n) is 17.4. The molecule has 19 nitrogen and oxygen atoms in total. The second-order valence-corrected chi connectivity index (χ2v) is 10.9. The van der Waals surface area contributed by atoms with Gasteiger partial charge in [-0.1, -0.05) is 47.0 Å². The number of hydrogen-bond acceptors (Lipinski definition) is 18. The van der Waals surface area contributed by atoms with Gasteiger partial charge in [0.25, 0.3) is 0 Å². The molecule has 55 heavy (non-hydrogen) atoms. The summed E-state index contributed by atoms with van der Waals surface area (Å²) in [5.41, 5.74) is 3.20. The van der Waals surface area contributed by atoms with E-state index in [1.807, 2.05) is 34.6 Å². The standard InChI is InChI=1S/C12H21NO4.C8H13NO5.C6H11NO3.C5H9NO3.C3H6.C2H6/c1-10(2)15-9-16-12(14)8-17-13-11-6-4-3-5-7-11;1-6(2)9-14-5-8(11)13-4-7(10)12-3;1-5(2)7-10-4-6(8)9-3;1-4(2)6-9-3-5(7)8;1-3-2;1-2/h10H,3-9H2,1-2H3;4-5H2,1-3H3;4H2,1-3H3;3H2,1-2H3,(H,7,8);3H,1H2,2H3;1-2H3. The fourth-order valence-electron chi connectivity index (χ4n) is 2.45. The van der Waals surface area contributed by atoms with Crippen molar-refractivity contribution in [3.63, 3.8) is 0 Å². The van der Waals surface area contributed by atoms with Gasteiger partial charge in [-0.3, -0.25) is 0 Å². The maximum absolute atomic E-state index is 11.2. The highest BCUT2D eigenvalue weighted by Gasteiger charge is 2.09. The fourth-order valence-corrected chi connectivity index (χ4v) is 2.45. The number of aliphatic carboxylic acids is 1. The van der Waals surface area contributed by atoms with Crippen molar-refractivity contribution in [2.24, 2.45) is 20.6 Å². The van der Waals surface area contributed by atoms with E-state index in [0.29, 0.717) is 11.4 Å². The van der Waals surface area contributed by atoms with E-state index in [1.165, 1.54) is 20.6 Å². The molecule has 0 aromatic rings. The van der Waals surface area contributed by atoms with E-state index in [0.717, 1.165) is 37.1 Å². The molecule has 0 spiro atoms. The normalized spacial score (nSPS) is 10.3. The zero-order valence-corrected chi connectivity index (χ0v) is 35.1. The Hall–Kier alpha value is -5.07. The molecule has 0 amide bonds. The lowest BCUT2D eigenvalue weighted by Crippen LogP contribution is -2.18. The summed E-state index contributed by atoms with van der Waals surface area (Å²) < 4.78 is 22.9. The molecule has 0 aromatic carbocycles. The Morgan fingerprint density at radius 1 is 0.655 bits per heavy atom. The zero-order chi connectivity index (χ0) is 43.5. The molecule has 1 fully saturated rings. The van der Waals surface area contributed by atoms with E-state index in [4.69, 9.17) is 19.4 Å². The van der Waals surface area contributed by atoms with Gasteiger partial charge in [0.15, 0.2) is 13.4 Å². The topological polar surface area (TPSA) is 238 Å². The first kappa shape index (κ1) is 59.2. The Balaban J connectivity index is -0.000000199. The van der Waals surface area contributed by atoms with Crippen LogP contribution in [0.1, 0.15) is 108 Å². The predicted octanol–water partition coefficient (Wildman–Crippen LogP) is 5.64. The van der Waals surface area contributed by atoms with Crippen molar-refractivity contribution in [3.8, 4) is 0 Å². The van der Waals surface area contributed by atoms with Crippen LogP contribution in [0.4, 0.5) is 0 Å². The van der Waals surface area contributed by atoms with Gasteiger partial charge in [-0.15, -0.1) is 6.58 Å². The van der Waals surface area contributed by atoms with Gasteiger partial charge in [-0.25, -0.2) is 24.0 Å². The molecule has 0 heterocycles. The molecule has 1 saturated carbocycles. The number of nitrogens with zero attached hydrogens (tertiary/aromatic N) is 4. The molecular formula is C36H66N4O15. The number of methoxy groups -OCH3 is 2. The lowest BCUT2D eigenvalue weighted by molar-refractivity contribution is -0.164. The highest BCUT2D eigenvalue weighted by molar-refractivity contribution is 5.84. The quantitative estimate of drug-likeness (QED) is 0.0468. The monoisotopic (exact) mass is 794 g/mol. The van der Waals surface area contributed by atoms with Crippen LogP contribution < -0.4 is 0 Å². The average molecular weight is 795 g/mol. The van der Waals surface area contributed by atoms with Gasteiger partial charge in [0.05, 0.1) is 43.2 Å². The number of ether oxygens (including phenoxy) is 5. The summed E-state index contributed by atoms with van der Waals surface area (Å²) in [5, 5.41) is 22.4. The van der Waals surface area contributed by atoms with E-state index >= 15 is 0 Å². The number of carboxylic acids is 1. The lowest BCUT2D eigenvalue weighted by Gasteiger charge is -2.11. The maximum atomic E-state index is 11.2.